The van der Waals surface area contributed by atoms with Crippen LogP contribution in [0.5, 0.6) is 0 Å². The number of pyridine rings is 1. The van der Waals surface area contributed by atoms with Gasteiger partial charge in [0.15, 0.2) is 5.13 Å². The number of imide groups is 1. The molecule has 158 valence electrons. The number of anilines is 1. The summed E-state index contributed by atoms with van der Waals surface area (Å²) in [7, 11) is 0. The maximum Gasteiger partial charge on any atom is 0.262 e. The maximum atomic E-state index is 13.4. The number of carbonyl (C=O) groups excluding carboxylic acids is 3. The molecule has 3 amide bonds. The summed E-state index contributed by atoms with van der Waals surface area (Å²) >= 11 is 4.82. The van der Waals surface area contributed by atoms with Gasteiger partial charge in [0.05, 0.1) is 33.6 Å². The molecule has 0 N–H and O–H groups in total. The van der Waals surface area contributed by atoms with E-state index in [-0.39, 0.29) is 13.1 Å². The normalized spacial score (nSPS) is 13.0. The number of halogens is 1. The van der Waals surface area contributed by atoms with Gasteiger partial charge in [0.1, 0.15) is 6.54 Å². The first-order chi connectivity index (χ1) is 15.5. The number of thiazole rings is 1. The lowest BCUT2D eigenvalue weighted by molar-refractivity contribution is -0.119. The van der Waals surface area contributed by atoms with Crippen LogP contribution in [-0.4, -0.2) is 39.1 Å². The average Bonchev–Trinajstić information content (AvgIpc) is 3.32. The van der Waals surface area contributed by atoms with Crippen molar-refractivity contribution in [3.63, 3.8) is 0 Å². The number of rotatable bonds is 5. The van der Waals surface area contributed by atoms with E-state index in [9.17, 15) is 14.4 Å². The fourth-order valence-corrected chi connectivity index (χ4v) is 5.06. The smallest absolute Gasteiger partial charge is 0.262 e. The third-order valence-corrected chi connectivity index (χ3v) is 6.62. The van der Waals surface area contributed by atoms with Gasteiger partial charge in [0.25, 0.3) is 11.8 Å². The molecular weight excluding hydrogens is 492 g/mol. The van der Waals surface area contributed by atoms with Crippen LogP contribution in [0.25, 0.3) is 10.2 Å². The van der Waals surface area contributed by atoms with Crippen LogP contribution in [0, 0.1) is 0 Å². The van der Waals surface area contributed by atoms with Crippen molar-refractivity contribution in [3.05, 3.63) is 88.2 Å². The zero-order valence-electron chi connectivity index (χ0n) is 16.6. The fourth-order valence-electron chi connectivity index (χ4n) is 3.52. The van der Waals surface area contributed by atoms with Crippen molar-refractivity contribution in [1.29, 1.82) is 0 Å². The summed E-state index contributed by atoms with van der Waals surface area (Å²) in [5, 5.41) is 0.477. The van der Waals surface area contributed by atoms with Crippen molar-refractivity contribution < 1.29 is 14.4 Å². The van der Waals surface area contributed by atoms with E-state index >= 15 is 0 Å². The van der Waals surface area contributed by atoms with Crippen LogP contribution in [-0.2, 0) is 11.3 Å². The average molecular weight is 507 g/mol. The molecule has 5 rings (SSSR count). The molecule has 0 bridgehead atoms. The molecule has 0 unspecified atom stereocenters. The molecule has 0 saturated heterocycles. The van der Waals surface area contributed by atoms with Crippen molar-refractivity contribution in [2.24, 2.45) is 0 Å². The van der Waals surface area contributed by atoms with Crippen molar-refractivity contribution in [1.82, 2.24) is 14.9 Å². The second-order valence-corrected chi connectivity index (χ2v) is 9.08. The quantitative estimate of drug-likeness (QED) is 0.377. The van der Waals surface area contributed by atoms with Gasteiger partial charge in [-0.15, -0.1) is 0 Å². The molecular formula is C23H15BrN4O3S. The molecule has 1 aliphatic rings. The van der Waals surface area contributed by atoms with Crippen LogP contribution in [0.4, 0.5) is 5.13 Å². The molecule has 3 heterocycles. The summed E-state index contributed by atoms with van der Waals surface area (Å²) in [6, 6.07) is 17.7. The molecule has 0 fully saturated rings. The van der Waals surface area contributed by atoms with Crippen molar-refractivity contribution in [2.75, 3.05) is 11.4 Å². The predicted molar refractivity (Wildman–Crippen MR) is 125 cm³/mol. The van der Waals surface area contributed by atoms with Gasteiger partial charge < -0.3 is 0 Å². The number of fused-ring (bicyclic) bond motifs is 2. The van der Waals surface area contributed by atoms with Gasteiger partial charge in [-0.1, -0.05) is 45.5 Å². The number of aromatic nitrogens is 2. The summed E-state index contributed by atoms with van der Waals surface area (Å²) in [5.74, 6) is -1.35. The Balaban J connectivity index is 1.48. The molecule has 2 aromatic carbocycles. The molecule has 7 nitrogen and oxygen atoms in total. The van der Waals surface area contributed by atoms with Crippen molar-refractivity contribution >= 4 is 60.3 Å². The number of hydrogen-bond acceptors (Lipinski definition) is 6. The second-order valence-electron chi connectivity index (χ2n) is 7.15. The highest BCUT2D eigenvalue weighted by Gasteiger charge is 2.37. The predicted octanol–water partition coefficient (Wildman–Crippen LogP) is 4.28. The van der Waals surface area contributed by atoms with Gasteiger partial charge in [0.2, 0.25) is 5.91 Å². The summed E-state index contributed by atoms with van der Waals surface area (Å²) < 4.78 is 1.82. The number of hydrogen-bond donors (Lipinski definition) is 0. The first-order valence-corrected chi connectivity index (χ1v) is 11.3. The van der Waals surface area contributed by atoms with E-state index in [2.05, 4.69) is 25.9 Å². The highest BCUT2D eigenvalue weighted by molar-refractivity contribution is 9.10. The van der Waals surface area contributed by atoms with Crippen molar-refractivity contribution in [3.8, 4) is 0 Å². The lowest BCUT2D eigenvalue weighted by Crippen LogP contribution is -2.42. The molecule has 32 heavy (non-hydrogen) atoms. The molecule has 4 aromatic rings. The molecule has 1 aliphatic heterocycles. The van der Waals surface area contributed by atoms with Gasteiger partial charge in [0, 0.05) is 10.7 Å². The van der Waals surface area contributed by atoms with E-state index in [4.69, 9.17) is 0 Å². The minimum absolute atomic E-state index is 0.170. The molecule has 0 atom stereocenters. The lowest BCUT2D eigenvalue weighted by Gasteiger charge is -2.22. The highest BCUT2D eigenvalue weighted by atomic mass is 79.9. The number of carbonyl (C=O) groups is 3. The fraction of sp³-hybridized carbons (Fsp3) is 0.0870. The zero-order valence-corrected chi connectivity index (χ0v) is 19.0. The van der Waals surface area contributed by atoms with Gasteiger partial charge >= 0.3 is 0 Å². The van der Waals surface area contributed by atoms with Gasteiger partial charge in [-0.2, -0.15) is 0 Å². The third kappa shape index (κ3) is 3.69. The summed E-state index contributed by atoms with van der Waals surface area (Å²) in [6.45, 7) is -0.206. The molecule has 2 aromatic heterocycles. The Morgan fingerprint density at radius 1 is 1.00 bits per heavy atom. The van der Waals surface area contributed by atoms with Gasteiger partial charge in [-0.05, 0) is 42.5 Å². The van der Waals surface area contributed by atoms with E-state index < -0.39 is 17.7 Å². The molecule has 0 aliphatic carbocycles. The van der Waals surface area contributed by atoms with Crippen LogP contribution < -0.4 is 4.90 Å². The molecule has 9 heteroatoms. The van der Waals surface area contributed by atoms with Crippen LogP contribution in [0.15, 0.2) is 71.3 Å². The first-order valence-electron chi connectivity index (χ1n) is 9.73. The molecule has 0 spiro atoms. The molecule has 0 saturated carbocycles. The Morgan fingerprint density at radius 2 is 1.72 bits per heavy atom. The minimum atomic E-state index is -0.468. The zero-order chi connectivity index (χ0) is 22.2. The Hall–Kier alpha value is -3.43. The lowest BCUT2D eigenvalue weighted by atomic mass is 10.1. The van der Waals surface area contributed by atoms with Gasteiger partial charge in [-0.3, -0.25) is 29.2 Å². The van der Waals surface area contributed by atoms with Crippen LogP contribution in [0.3, 0.4) is 0 Å². The largest absolute Gasteiger partial charge is 0.280 e. The van der Waals surface area contributed by atoms with Crippen LogP contribution in [0.1, 0.15) is 26.4 Å². The number of amides is 3. The second kappa shape index (κ2) is 8.25. The summed E-state index contributed by atoms with van der Waals surface area (Å²) in [6.07, 6.45) is 1.65. The monoisotopic (exact) mass is 506 g/mol. The minimum Gasteiger partial charge on any atom is -0.280 e. The number of nitrogens with zero attached hydrogens (tertiary/aromatic N) is 4. The third-order valence-electron chi connectivity index (χ3n) is 5.09. The summed E-state index contributed by atoms with van der Waals surface area (Å²) in [4.78, 5) is 50.3. The Kier molecular flexibility index (Phi) is 5.28. The topological polar surface area (TPSA) is 83.5 Å². The Bertz CT molecular complexity index is 1340. The molecule has 0 radical (unpaired) electrons. The van der Waals surface area contributed by atoms with E-state index in [1.54, 1.807) is 36.5 Å². The standard InChI is InChI=1S/C23H15BrN4O3S/c24-14-8-9-18-19(11-14)32-23(26-18)27(12-15-5-3-4-10-25-15)20(29)13-28-21(30)16-6-1-2-7-17(16)22(28)31/h1-11H,12-13H2. The van der Waals surface area contributed by atoms with Crippen molar-refractivity contribution in [2.45, 2.75) is 6.54 Å². The summed E-state index contributed by atoms with van der Waals surface area (Å²) in [5.41, 5.74) is 2.05. The Morgan fingerprint density at radius 3 is 2.41 bits per heavy atom. The van der Waals surface area contributed by atoms with Crippen LogP contribution >= 0.6 is 27.3 Å². The number of benzene rings is 2. The Labute approximate surface area is 195 Å². The SMILES string of the molecule is O=C1c2ccccc2C(=O)N1CC(=O)N(Cc1ccccn1)c1nc2ccc(Br)cc2s1. The van der Waals surface area contributed by atoms with Crippen LogP contribution in [0.2, 0.25) is 0 Å². The van der Waals surface area contributed by atoms with E-state index in [0.717, 1.165) is 19.6 Å². The first kappa shape index (κ1) is 20.5. The van der Waals surface area contributed by atoms with E-state index in [1.807, 2.05) is 30.3 Å². The maximum absolute atomic E-state index is 13.4. The highest BCUT2D eigenvalue weighted by Crippen LogP contribution is 2.32. The van der Waals surface area contributed by atoms with Gasteiger partial charge in [-0.25, -0.2) is 4.98 Å². The van der Waals surface area contributed by atoms with E-state index in [1.165, 1.54) is 16.2 Å². The van der Waals surface area contributed by atoms with E-state index in [0.29, 0.717) is 22.0 Å².